The minimum atomic E-state index is -0.411. The van der Waals surface area contributed by atoms with Gasteiger partial charge in [-0.25, -0.2) is 0 Å². The van der Waals surface area contributed by atoms with Crippen molar-refractivity contribution in [2.75, 3.05) is 0 Å². The zero-order valence-corrected chi connectivity index (χ0v) is 43.7. The van der Waals surface area contributed by atoms with Crippen molar-refractivity contribution in [3.63, 3.8) is 0 Å². The van der Waals surface area contributed by atoms with Gasteiger partial charge in [-0.05, 0) is 166 Å². The molecule has 0 N–H and O–H groups in total. The molecule has 0 saturated heterocycles. The van der Waals surface area contributed by atoms with Crippen molar-refractivity contribution >= 4 is 108 Å². The molecule has 0 unspecified atom stereocenters. The van der Waals surface area contributed by atoms with Crippen LogP contribution in [-0.4, -0.2) is 0 Å². The first-order valence-electron chi connectivity index (χ1n) is 31.3. The van der Waals surface area contributed by atoms with E-state index in [2.05, 4.69) is 170 Å². The zero-order valence-electron chi connectivity index (χ0n) is 51.7. The van der Waals surface area contributed by atoms with E-state index in [1.165, 1.54) is 70.7 Å². The molecular formula is C80H50O. The number of rotatable bonds is 5. The highest BCUT2D eigenvalue weighted by atomic mass is 16.3. The highest BCUT2D eigenvalue weighted by molar-refractivity contribution is 6.28. The van der Waals surface area contributed by atoms with Gasteiger partial charge in [-0.15, -0.1) is 0 Å². The molecule has 16 aromatic carbocycles. The fraction of sp³-hybridized carbons (Fsp3) is 0. The molecule has 0 radical (unpaired) electrons. The van der Waals surface area contributed by atoms with Crippen molar-refractivity contribution < 1.29 is 15.4 Å². The molecule has 0 saturated carbocycles. The van der Waals surface area contributed by atoms with Crippen LogP contribution in [0.2, 0.25) is 0 Å². The molecule has 0 atom stereocenters. The Hall–Kier alpha value is -10.6. The van der Waals surface area contributed by atoms with Gasteiger partial charge in [0.15, 0.2) is 0 Å². The van der Waals surface area contributed by atoms with Crippen LogP contribution in [0.4, 0.5) is 0 Å². The van der Waals surface area contributed by atoms with Crippen molar-refractivity contribution in [3.05, 3.63) is 303 Å². The Labute approximate surface area is 480 Å². The van der Waals surface area contributed by atoms with Crippen LogP contribution in [0, 0.1) is 0 Å². The van der Waals surface area contributed by atoms with Gasteiger partial charge in [-0.2, -0.15) is 0 Å². The minimum Gasteiger partial charge on any atom is -0.456 e. The molecule has 0 aliphatic carbocycles. The van der Waals surface area contributed by atoms with E-state index in [9.17, 15) is 5.48 Å². The van der Waals surface area contributed by atoms with E-state index in [-0.39, 0.29) is 45.7 Å². The van der Waals surface area contributed by atoms with Crippen LogP contribution in [0.15, 0.2) is 308 Å². The fourth-order valence-corrected chi connectivity index (χ4v) is 12.7. The van der Waals surface area contributed by atoms with Crippen molar-refractivity contribution in [1.82, 2.24) is 0 Å². The highest BCUT2D eigenvalue weighted by Gasteiger charge is 2.22. The molecule has 0 aliphatic rings. The standard InChI is InChI=1S/C40H24O.C40H26/c1-2-13-27-24-37-35(23-26(27)12-1)40-34(21-10-22-36(40)41-37)39-32-18-7-5-16-30(32)38(31-17-6-8-19-33(31)39)29-20-9-14-25-11-3-4-15-28(25)29;1-2-12-31-26-32(25-22-27(31)10-1)28-20-23-30(24-21-28)39-35-15-5-7-17-37(35)40(38-18-8-6-16-36(38)39)34-19-9-13-29-11-3-4-14-33(29)34/h1-24H;1-26H/i;5D,6D,7D,8D,15D,16D,17D,18D. The molecule has 0 spiro atoms. The minimum absolute atomic E-state index is 0.208. The van der Waals surface area contributed by atoms with Gasteiger partial charge in [0.1, 0.15) is 11.2 Å². The molecule has 376 valence electrons. The third kappa shape index (κ3) is 7.70. The SMILES string of the molecule is [2H]c1c([2H])c([2H])c2c(-c3cccc4ccccc34)c3c([2H])c([2H])c([2H])c([2H])c3c(-c3ccc(-c4ccc5ccccc5c4)cc3)c2c1[2H].c1ccc2cc3c(cc2c1)oc1cccc(-c2c4ccccc4c(-c4cccc5ccccc45)c4ccccc24)c13. The molecule has 1 aromatic heterocycles. The number of benzene rings is 16. The Bertz CT molecular complexity index is 5700. The maximum atomic E-state index is 9.21. The quantitative estimate of drug-likeness (QED) is 0.157. The number of fused-ring (bicyclic) bond motifs is 11. The summed E-state index contributed by atoms with van der Waals surface area (Å²) in [6, 6.07) is 85.1. The van der Waals surface area contributed by atoms with Crippen molar-refractivity contribution in [2.45, 2.75) is 0 Å². The number of furan rings is 1. The normalized spacial score (nSPS) is 13.1. The summed E-state index contributed by atoms with van der Waals surface area (Å²) in [5.41, 5.74) is 10.7. The van der Waals surface area contributed by atoms with Crippen molar-refractivity contribution in [2.24, 2.45) is 0 Å². The van der Waals surface area contributed by atoms with Crippen molar-refractivity contribution in [3.8, 4) is 55.6 Å². The summed E-state index contributed by atoms with van der Waals surface area (Å²) in [5, 5.41) is 17.0. The first-order chi connectivity index (χ1) is 43.5. The van der Waals surface area contributed by atoms with Gasteiger partial charge in [0.25, 0.3) is 0 Å². The third-order valence-corrected chi connectivity index (χ3v) is 16.3. The number of hydrogen-bond acceptors (Lipinski definition) is 1. The lowest BCUT2D eigenvalue weighted by Crippen LogP contribution is -1.92. The van der Waals surface area contributed by atoms with Gasteiger partial charge < -0.3 is 4.42 Å². The van der Waals surface area contributed by atoms with Gasteiger partial charge in [0.05, 0.1) is 11.0 Å². The Morgan fingerprint density at radius 3 is 1.16 bits per heavy atom. The van der Waals surface area contributed by atoms with Crippen LogP contribution in [0.1, 0.15) is 11.0 Å². The maximum absolute atomic E-state index is 9.21. The lowest BCUT2D eigenvalue weighted by Gasteiger charge is -2.19. The molecule has 1 heterocycles. The van der Waals surface area contributed by atoms with E-state index in [1.54, 1.807) is 0 Å². The third-order valence-electron chi connectivity index (χ3n) is 16.3. The second-order valence-electron chi connectivity index (χ2n) is 20.8. The highest BCUT2D eigenvalue weighted by Crippen LogP contribution is 2.49. The van der Waals surface area contributed by atoms with Crippen LogP contribution in [0.3, 0.4) is 0 Å². The summed E-state index contributed by atoms with van der Waals surface area (Å²) in [5.74, 6) is 0. The summed E-state index contributed by atoms with van der Waals surface area (Å²) >= 11 is 0. The molecule has 0 fully saturated rings. The first kappa shape index (κ1) is 38.9. The fourth-order valence-electron chi connectivity index (χ4n) is 12.7. The van der Waals surface area contributed by atoms with E-state index in [0.29, 0.717) is 22.3 Å². The van der Waals surface area contributed by atoms with E-state index < -0.39 is 24.2 Å². The summed E-state index contributed by atoms with van der Waals surface area (Å²) in [7, 11) is 0. The zero-order chi connectivity index (χ0) is 60.3. The van der Waals surface area contributed by atoms with E-state index >= 15 is 0 Å². The summed E-state index contributed by atoms with van der Waals surface area (Å²) in [4.78, 5) is 0. The predicted molar refractivity (Wildman–Crippen MR) is 347 cm³/mol. The summed E-state index contributed by atoms with van der Waals surface area (Å²) in [6.07, 6.45) is 0. The monoisotopic (exact) mass is 1030 g/mol. The first-order valence-corrected chi connectivity index (χ1v) is 27.3. The molecule has 0 bridgehead atoms. The topological polar surface area (TPSA) is 13.1 Å². The Morgan fingerprint density at radius 2 is 0.605 bits per heavy atom. The van der Waals surface area contributed by atoms with E-state index in [1.807, 2.05) is 84.9 Å². The number of hydrogen-bond donors (Lipinski definition) is 0. The molecule has 1 nitrogen and oxygen atoms in total. The lowest BCUT2D eigenvalue weighted by molar-refractivity contribution is 0.669. The van der Waals surface area contributed by atoms with Crippen LogP contribution in [0.25, 0.3) is 164 Å². The van der Waals surface area contributed by atoms with Gasteiger partial charge in [-0.3, -0.25) is 0 Å². The second-order valence-corrected chi connectivity index (χ2v) is 20.8. The van der Waals surface area contributed by atoms with Crippen LogP contribution >= 0.6 is 0 Å². The average Bonchev–Trinajstić information content (AvgIpc) is 0.934. The predicted octanol–water partition coefficient (Wildman–Crippen LogP) is 22.8. The van der Waals surface area contributed by atoms with Gasteiger partial charge in [-0.1, -0.05) is 279 Å². The Morgan fingerprint density at radius 1 is 0.222 bits per heavy atom. The molecule has 1 heteroatoms. The van der Waals surface area contributed by atoms with E-state index in [0.717, 1.165) is 49.2 Å². The molecule has 0 aliphatic heterocycles. The van der Waals surface area contributed by atoms with Gasteiger partial charge >= 0.3 is 0 Å². The molecule has 17 aromatic rings. The van der Waals surface area contributed by atoms with Crippen molar-refractivity contribution in [1.29, 1.82) is 0 Å². The van der Waals surface area contributed by atoms with E-state index in [4.69, 9.17) is 9.90 Å². The van der Waals surface area contributed by atoms with Gasteiger partial charge in [0, 0.05) is 10.8 Å². The smallest absolute Gasteiger partial charge is 0.136 e. The largest absolute Gasteiger partial charge is 0.456 e. The lowest BCUT2D eigenvalue weighted by atomic mass is 9.84. The second kappa shape index (κ2) is 19.1. The molecule has 81 heavy (non-hydrogen) atoms. The Balaban J connectivity index is 0.000000145. The Kier molecular flexibility index (Phi) is 9.16. The summed E-state index contributed by atoms with van der Waals surface area (Å²) in [6.45, 7) is 0. The average molecular weight is 1040 g/mol. The van der Waals surface area contributed by atoms with Crippen LogP contribution in [-0.2, 0) is 0 Å². The molecule has 0 amide bonds. The summed E-state index contributed by atoms with van der Waals surface area (Å²) < 4.78 is 78.0. The molecular weight excluding hydrogens is 977 g/mol. The van der Waals surface area contributed by atoms with Gasteiger partial charge in [0.2, 0.25) is 0 Å². The van der Waals surface area contributed by atoms with Crippen LogP contribution in [0.5, 0.6) is 0 Å². The molecule has 17 rings (SSSR count). The van der Waals surface area contributed by atoms with Crippen LogP contribution < -0.4 is 0 Å². The maximum Gasteiger partial charge on any atom is 0.136 e.